The Hall–Kier alpha value is -3.17. The number of fused-ring (bicyclic) bond motifs is 1. The Balaban J connectivity index is 1.39. The molecule has 2 aromatic heterocycles. The van der Waals surface area contributed by atoms with Crippen LogP contribution >= 0.6 is 11.6 Å². The fraction of sp³-hybridized carbons (Fsp3) is 0.500. The number of anilines is 3. The zero-order valence-electron chi connectivity index (χ0n) is 22.5. The Morgan fingerprint density at radius 1 is 1.21 bits per heavy atom. The number of Topliss-reactive ketones (excluding diaryl/α,β-unsaturated/α-hetero) is 1. The number of hydrogen-bond acceptors (Lipinski definition) is 8. The van der Waals surface area contributed by atoms with Gasteiger partial charge in [-0.05, 0) is 71.1 Å². The fourth-order valence-electron chi connectivity index (χ4n) is 5.32. The smallest absolute Gasteiger partial charge is 0.293 e. The molecule has 5 rings (SSSR count). The van der Waals surface area contributed by atoms with E-state index in [4.69, 9.17) is 21.3 Å². The minimum Gasteiger partial charge on any atom is -0.480 e. The molecule has 2 saturated heterocycles. The number of ketones is 1. The van der Waals surface area contributed by atoms with Crippen LogP contribution in [0.25, 0.3) is 10.9 Å². The van der Waals surface area contributed by atoms with Gasteiger partial charge < -0.3 is 24.4 Å². The van der Waals surface area contributed by atoms with Crippen LogP contribution in [0.1, 0.15) is 46.1 Å². The molecule has 2 aliphatic heterocycles. The number of likely N-dealkylation sites (tertiary alicyclic amines) is 1. The summed E-state index contributed by atoms with van der Waals surface area (Å²) < 4.78 is 7.31. The molecule has 1 spiro atoms. The zero-order chi connectivity index (χ0) is 27.0. The highest BCUT2D eigenvalue weighted by Gasteiger charge is 2.45. The van der Waals surface area contributed by atoms with E-state index in [0.29, 0.717) is 28.6 Å². The summed E-state index contributed by atoms with van der Waals surface area (Å²) in [6.07, 6.45) is 4.41. The summed E-state index contributed by atoms with van der Waals surface area (Å²) in [5.74, 6) is 1.30. The van der Waals surface area contributed by atoms with Crippen molar-refractivity contribution >= 4 is 45.7 Å². The number of rotatable bonds is 8. The molecule has 0 amide bonds. The Morgan fingerprint density at radius 2 is 1.95 bits per heavy atom. The molecule has 9 nitrogen and oxygen atoms in total. The van der Waals surface area contributed by atoms with E-state index in [0.717, 1.165) is 42.8 Å². The van der Waals surface area contributed by atoms with Crippen molar-refractivity contribution in [2.24, 2.45) is 5.41 Å². The Morgan fingerprint density at radius 3 is 2.63 bits per heavy atom. The first-order valence-electron chi connectivity index (χ1n) is 13.2. The number of carbonyl (C=O) groups excluding carboxylic acids is 1. The molecular weight excluding hydrogens is 504 g/mol. The molecule has 1 aromatic carbocycles. The summed E-state index contributed by atoms with van der Waals surface area (Å²) in [5, 5.41) is 4.56. The average molecular weight is 539 g/mol. The second kappa shape index (κ2) is 10.5. The van der Waals surface area contributed by atoms with Crippen LogP contribution in [0.2, 0.25) is 5.02 Å². The highest BCUT2D eigenvalue weighted by atomic mass is 35.5. The quantitative estimate of drug-likeness (QED) is 0.443. The first kappa shape index (κ1) is 26.4. The third-order valence-corrected chi connectivity index (χ3v) is 7.96. The largest absolute Gasteiger partial charge is 0.480 e. The van der Waals surface area contributed by atoms with Gasteiger partial charge in [-0.25, -0.2) is 4.98 Å². The second-order valence-electron chi connectivity index (χ2n) is 10.9. The van der Waals surface area contributed by atoms with Crippen molar-refractivity contribution < 1.29 is 9.53 Å². The number of ether oxygens (including phenoxy) is 1. The molecule has 10 heteroatoms. The standard InChI is InChI=1S/C28H35ClN6O3/c1-5-21(36)15-38-24-13-19-12-20(6-7-23(19)35(18(2)3)26(24)37)31-25-22(29)14-30-27(32-25)34-16-28(17-34)8-10-33(4)11-9-28/h6-7,12-14,18H,5,8-11,15-17H2,1-4H3,(H,30,31,32). The van der Waals surface area contributed by atoms with E-state index in [2.05, 4.69) is 27.1 Å². The third-order valence-electron chi connectivity index (χ3n) is 7.68. The monoisotopic (exact) mass is 538 g/mol. The molecule has 38 heavy (non-hydrogen) atoms. The van der Waals surface area contributed by atoms with Crippen molar-refractivity contribution in [1.82, 2.24) is 19.4 Å². The number of nitrogens with one attached hydrogen (secondary N) is 1. The predicted octanol–water partition coefficient (Wildman–Crippen LogP) is 4.66. The molecule has 202 valence electrons. The van der Waals surface area contributed by atoms with Crippen molar-refractivity contribution in [1.29, 1.82) is 0 Å². The number of benzene rings is 1. The molecular formula is C28H35ClN6O3. The van der Waals surface area contributed by atoms with E-state index in [9.17, 15) is 9.59 Å². The van der Waals surface area contributed by atoms with Gasteiger partial charge in [0.15, 0.2) is 17.4 Å². The van der Waals surface area contributed by atoms with Gasteiger partial charge in [-0.3, -0.25) is 9.59 Å². The Kier molecular flexibility index (Phi) is 7.33. The number of hydrogen-bond donors (Lipinski definition) is 1. The van der Waals surface area contributed by atoms with Gasteiger partial charge in [-0.1, -0.05) is 18.5 Å². The van der Waals surface area contributed by atoms with Crippen molar-refractivity contribution in [3.8, 4) is 5.75 Å². The van der Waals surface area contributed by atoms with E-state index in [1.165, 1.54) is 12.8 Å². The van der Waals surface area contributed by atoms with Gasteiger partial charge in [-0.15, -0.1) is 0 Å². The molecule has 4 heterocycles. The first-order valence-corrected chi connectivity index (χ1v) is 13.6. The summed E-state index contributed by atoms with van der Waals surface area (Å²) in [4.78, 5) is 38.7. The van der Waals surface area contributed by atoms with E-state index >= 15 is 0 Å². The van der Waals surface area contributed by atoms with Gasteiger partial charge in [0.1, 0.15) is 11.6 Å². The molecule has 0 saturated carbocycles. The lowest BCUT2D eigenvalue weighted by molar-refractivity contribution is -0.120. The van der Waals surface area contributed by atoms with Gasteiger partial charge in [0.05, 0.1) is 11.7 Å². The van der Waals surface area contributed by atoms with Crippen molar-refractivity contribution in [2.75, 3.05) is 50.1 Å². The summed E-state index contributed by atoms with van der Waals surface area (Å²) in [7, 11) is 2.18. The molecule has 2 fully saturated rings. The van der Waals surface area contributed by atoms with Gasteiger partial charge in [-0.2, -0.15) is 4.98 Å². The van der Waals surface area contributed by atoms with Crippen LogP contribution in [-0.4, -0.2) is 65.1 Å². The molecule has 0 radical (unpaired) electrons. The summed E-state index contributed by atoms with van der Waals surface area (Å²) in [6.45, 7) is 9.74. The van der Waals surface area contributed by atoms with Crippen molar-refractivity contribution in [3.63, 3.8) is 0 Å². The first-order chi connectivity index (χ1) is 18.2. The number of piperidine rings is 1. The molecule has 3 aromatic rings. The molecule has 0 bridgehead atoms. The van der Waals surface area contributed by atoms with Gasteiger partial charge in [0.2, 0.25) is 5.95 Å². The molecule has 0 atom stereocenters. The second-order valence-corrected chi connectivity index (χ2v) is 11.3. The van der Waals surface area contributed by atoms with Gasteiger partial charge >= 0.3 is 0 Å². The maximum atomic E-state index is 13.1. The highest BCUT2D eigenvalue weighted by Crippen LogP contribution is 2.42. The van der Waals surface area contributed by atoms with Crippen molar-refractivity contribution in [3.05, 3.63) is 45.8 Å². The average Bonchev–Trinajstić information content (AvgIpc) is 2.87. The van der Waals surface area contributed by atoms with E-state index in [1.54, 1.807) is 23.8 Å². The van der Waals surface area contributed by atoms with Crippen LogP contribution in [0.4, 0.5) is 17.5 Å². The minimum absolute atomic E-state index is 0.0610. The highest BCUT2D eigenvalue weighted by molar-refractivity contribution is 6.32. The minimum atomic E-state index is -0.252. The maximum absolute atomic E-state index is 13.1. The van der Waals surface area contributed by atoms with Crippen LogP contribution in [0.15, 0.2) is 35.3 Å². The normalized spacial score (nSPS) is 17.2. The summed E-state index contributed by atoms with van der Waals surface area (Å²) in [5.41, 5.74) is 1.67. The Labute approximate surface area is 227 Å². The lowest BCUT2D eigenvalue weighted by atomic mass is 9.72. The third kappa shape index (κ3) is 5.22. The lowest BCUT2D eigenvalue weighted by Gasteiger charge is -2.53. The number of aromatic nitrogens is 3. The van der Waals surface area contributed by atoms with E-state index in [1.807, 2.05) is 32.0 Å². The van der Waals surface area contributed by atoms with Crippen LogP contribution in [0.5, 0.6) is 5.75 Å². The lowest BCUT2D eigenvalue weighted by Crippen LogP contribution is -2.60. The van der Waals surface area contributed by atoms with Gasteiger partial charge in [0.25, 0.3) is 5.56 Å². The van der Waals surface area contributed by atoms with Crippen molar-refractivity contribution in [2.45, 2.75) is 46.1 Å². The zero-order valence-corrected chi connectivity index (χ0v) is 23.2. The van der Waals surface area contributed by atoms with E-state index < -0.39 is 0 Å². The maximum Gasteiger partial charge on any atom is 0.293 e. The van der Waals surface area contributed by atoms with Gasteiger partial charge in [0, 0.05) is 42.0 Å². The predicted molar refractivity (Wildman–Crippen MR) is 151 cm³/mol. The van der Waals surface area contributed by atoms with Crippen LogP contribution < -0.4 is 20.5 Å². The van der Waals surface area contributed by atoms with E-state index in [-0.39, 0.29) is 29.7 Å². The fourth-order valence-corrected chi connectivity index (χ4v) is 5.46. The number of carbonyl (C=O) groups is 1. The summed E-state index contributed by atoms with van der Waals surface area (Å²) in [6, 6.07) is 7.33. The number of pyridine rings is 1. The molecule has 0 aliphatic carbocycles. The number of nitrogens with zero attached hydrogens (tertiary/aromatic N) is 5. The summed E-state index contributed by atoms with van der Waals surface area (Å²) >= 11 is 6.48. The Bertz CT molecular complexity index is 1410. The van der Waals surface area contributed by atoms with Crippen LogP contribution in [0, 0.1) is 5.41 Å². The molecule has 2 aliphatic rings. The van der Waals surface area contributed by atoms with Crippen LogP contribution in [-0.2, 0) is 4.79 Å². The topological polar surface area (TPSA) is 92.6 Å². The van der Waals surface area contributed by atoms with Crippen LogP contribution in [0.3, 0.4) is 0 Å². The molecule has 1 N–H and O–H groups in total. The molecule has 0 unspecified atom stereocenters. The number of halogens is 1. The SMILES string of the molecule is CCC(=O)COc1cc2cc(Nc3nc(N4CC5(CCN(C)CC5)C4)ncc3Cl)ccc2n(C(C)C)c1=O.